The van der Waals surface area contributed by atoms with E-state index in [2.05, 4.69) is 0 Å². The summed E-state index contributed by atoms with van der Waals surface area (Å²) in [4.78, 5) is 13.2. The predicted octanol–water partition coefficient (Wildman–Crippen LogP) is 3.10. The van der Waals surface area contributed by atoms with Gasteiger partial charge in [0.25, 0.3) is 0 Å². The van der Waals surface area contributed by atoms with E-state index >= 15 is 0 Å². The number of carbonyl (C=O) groups is 1. The van der Waals surface area contributed by atoms with Crippen LogP contribution in [0.2, 0.25) is 0 Å². The molecule has 3 nitrogen and oxygen atoms in total. The SMILES string of the molecule is CCC1C(C)=CC=CC1(O)C(=O)C1(O)C=CC=C(C)C1CC. The summed E-state index contributed by atoms with van der Waals surface area (Å²) in [6, 6.07) is 0. The maximum Gasteiger partial charge on any atom is 0.204 e. The molecule has 2 aliphatic rings. The summed E-state index contributed by atoms with van der Waals surface area (Å²) < 4.78 is 0. The molecule has 0 aromatic heterocycles. The van der Waals surface area contributed by atoms with Crippen molar-refractivity contribution in [3.8, 4) is 0 Å². The number of hydrogen-bond acceptors (Lipinski definition) is 3. The van der Waals surface area contributed by atoms with Crippen LogP contribution in [-0.2, 0) is 4.79 Å². The second-order valence-electron chi connectivity index (χ2n) is 6.44. The van der Waals surface area contributed by atoms with Gasteiger partial charge in [-0.05, 0) is 38.8 Å². The van der Waals surface area contributed by atoms with Gasteiger partial charge in [0, 0.05) is 11.8 Å². The molecule has 22 heavy (non-hydrogen) atoms. The highest BCUT2D eigenvalue weighted by Gasteiger charge is 2.54. The van der Waals surface area contributed by atoms with Crippen molar-refractivity contribution in [1.29, 1.82) is 0 Å². The lowest BCUT2D eigenvalue weighted by Gasteiger charge is -2.43. The van der Waals surface area contributed by atoms with E-state index < -0.39 is 17.0 Å². The largest absolute Gasteiger partial charge is 0.377 e. The molecule has 0 aromatic carbocycles. The molecule has 0 aromatic rings. The molecule has 2 aliphatic carbocycles. The molecule has 0 saturated carbocycles. The molecule has 0 spiro atoms. The van der Waals surface area contributed by atoms with Crippen molar-refractivity contribution in [2.75, 3.05) is 0 Å². The van der Waals surface area contributed by atoms with E-state index in [1.165, 1.54) is 12.2 Å². The number of rotatable bonds is 4. The molecule has 4 unspecified atom stereocenters. The highest BCUT2D eigenvalue weighted by Crippen LogP contribution is 2.41. The number of allylic oxidation sites excluding steroid dienone is 4. The lowest BCUT2D eigenvalue weighted by atomic mass is 9.65. The molecule has 4 atom stereocenters. The van der Waals surface area contributed by atoms with Crippen molar-refractivity contribution in [3.05, 3.63) is 47.6 Å². The van der Waals surface area contributed by atoms with Gasteiger partial charge in [-0.2, -0.15) is 0 Å². The molecular weight excluding hydrogens is 276 g/mol. The fourth-order valence-electron chi connectivity index (χ4n) is 3.91. The van der Waals surface area contributed by atoms with Crippen LogP contribution in [0.4, 0.5) is 0 Å². The zero-order chi connectivity index (χ0) is 16.5. The average molecular weight is 302 g/mol. The third kappa shape index (κ3) is 2.42. The van der Waals surface area contributed by atoms with Crippen LogP contribution in [0.5, 0.6) is 0 Å². The molecule has 0 radical (unpaired) electrons. The molecule has 0 amide bonds. The van der Waals surface area contributed by atoms with Crippen molar-refractivity contribution in [2.24, 2.45) is 11.8 Å². The smallest absolute Gasteiger partial charge is 0.204 e. The Morgan fingerprint density at radius 3 is 1.64 bits per heavy atom. The number of hydrogen-bond donors (Lipinski definition) is 2. The summed E-state index contributed by atoms with van der Waals surface area (Å²) in [5.74, 6) is -1.12. The molecular formula is C19H26O3. The van der Waals surface area contributed by atoms with Crippen LogP contribution in [0, 0.1) is 11.8 Å². The maximum atomic E-state index is 13.2. The minimum Gasteiger partial charge on any atom is -0.377 e. The Kier molecular flexibility index (Phi) is 4.59. The molecule has 0 bridgehead atoms. The van der Waals surface area contributed by atoms with Gasteiger partial charge < -0.3 is 10.2 Å². The molecule has 2 rings (SSSR count). The van der Waals surface area contributed by atoms with Gasteiger partial charge in [-0.25, -0.2) is 0 Å². The van der Waals surface area contributed by atoms with Crippen LogP contribution in [0.25, 0.3) is 0 Å². The van der Waals surface area contributed by atoms with Gasteiger partial charge in [-0.15, -0.1) is 0 Å². The van der Waals surface area contributed by atoms with Gasteiger partial charge in [-0.1, -0.05) is 49.3 Å². The first kappa shape index (κ1) is 16.9. The first-order chi connectivity index (χ1) is 10.3. The van der Waals surface area contributed by atoms with E-state index in [1.54, 1.807) is 12.2 Å². The van der Waals surface area contributed by atoms with E-state index in [9.17, 15) is 15.0 Å². The molecule has 0 heterocycles. The van der Waals surface area contributed by atoms with Gasteiger partial charge in [0.15, 0.2) is 11.2 Å². The van der Waals surface area contributed by atoms with Gasteiger partial charge in [0.2, 0.25) is 5.78 Å². The van der Waals surface area contributed by atoms with Gasteiger partial charge in [0.05, 0.1) is 0 Å². The van der Waals surface area contributed by atoms with E-state index in [1.807, 2.05) is 39.8 Å². The van der Waals surface area contributed by atoms with Crippen LogP contribution in [0.15, 0.2) is 47.6 Å². The number of Topliss-reactive ketones (excluding diaryl/α,β-unsaturated/α-hetero) is 1. The Bertz CT molecular complexity index is 531. The van der Waals surface area contributed by atoms with Gasteiger partial charge in [0.1, 0.15) is 0 Å². The quantitative estimate of drug-likeness (QED) is 0.839. The summed E-state index contributed by atoms with van der Waals surface area (Å²) in [6.07, 6.45) is 11.6. The monoisotopic (exact) mass is 302 g/mol. The second kappa shape index (κ2) is 5.98. The second-order valence-corrected chi connectivity index (χ2v) is 6.44. The van der Waals surface area contributed by atoms with Crippen LogP contribution in [0.1, 0.15) is 40.5 Å². The number of carbonyl (C=O) groups excluding carboxylic acids is 1. The molecule has 2 N–H and O–H groups in total. The molecule has 0 saturated heterocycles. The third-order valence-electron chi connectivity index (χ3n) is 5.12. The standard InChI is InChI=1S/C19H26O3/c1-5-15-13(3)9-7-11-18(15,21)17(20)19(22)12-8-10-14(4)16(19)6-2/h7-12,15-16,21-22H,5-6H2,1-4H3. The fourth-order valence-corrected chi connectivity index (χ4v) is 3.91. The molecule has 0 aliphatic heterocycles. The van der Waals surface area contributed by atoms with Crippen molar-refractivity contribution < 1.29 is 15.0 Å². The van der Waals surface area contributed by atoms with Crippen LogP contribution >= 0.6 is 0 Å². The zero-order valence-corrected chi connectivity index (χ0v) is 13.8. The average Bonchev–Trinajstić information content (AvgIpc) is 2.47. The summed E-state index contributed by atoms with van der Waals surface area (Å²) in [5, 5.41) is 22.2. The minimum absolute atomic E-state index is 0.300. The lowest BCUT2D eigenvalue weighted by molar-refractivity contribution is -0.155. The Labute approximate surface area is 132 Å². The Hall–Kier alpha value is -1.45. The van der Waals surface area contributed by atoms with Crippen LogP contribution in [-0.4, -0.2) is 27.2 Å². The van der Waals surface area contributed by atoms with E-state index in [4.69, 9.17) is 0 Å². The third-order valence-corrected chi connectivity index (χ3v) is 5.12. The van der Waals surface area contributed by atoms with E-state index in [0.717, 1.165) is 11.1 Å². The van der Waals surface area contributed by atoms with Crippen LogP contribution < -0.4 is 0 Å². The predicted molar refractivity (Wildman–Crippen MR) is 88.3 cm³/mol. The van der Waals surface area contributed by atoms with Crippen molar-refractivity contribution in [1.82, 2.24) is 0 Å². The molecule has 0 fully saturated rings. The Balaban J connectivity index is 2.46. The van der Waals surface area contributed by atoms with E-state index in [0.29, 0.717) is 12.8 Å². The normalized spacial score (nSPS) is 37.7. The maximum absolute atomic E-state index is 13.2. The fraction of sp³-hybridized carbons (Fsp3) is 0.526. The first-order valence-electron chi connectivity index (χ1n) is 8.02. The van der Waals surface area contributed by atoms with Crippen molar-refractivity contribution in [3.63, 3.8) is 0 Å². The first-order valence-corrected chi connectivity index (χ1v) is 8.02. The lowest BCUT2D eigenvalue weighted by Crippen LogP contribution is -2.59. The zero-order valence-electron chi connectivity index (χ0n) is 13.8. The molecule has 120 valence electrons. The van der Waals surface area contributed by atoms with Gasteiger partial charge in [-0.3, -0.25) is 4.79 Å². The van der Waals surface area contributed by atoms with Crippen molar-refractivity contribution in [2.45, 2.75) is 51.7 Å². The summed E-state index contributed by atoms with van der Waals surface area (Å²) in [5.41, 5.74) is -1.38. The van der Waals surface area contributed by atoms with E-state index in [-0.39, 0.29) is 11.8 Å². The number of ketones is 1. The summed E-state index contributed by atoms with van der Waals surface area (Å²) >= 11 is 0. The van der Waals surface area contributed by atoms with Crippen molar-refractivity contribution >= 4 is 5.78 Å². The highest BCUT2D eigenvalue weighted by atomic mass is 16.3. The van der Waals surface area contributed by atoms with Gasteiger partial charge >= 0.3 is 0 Å². The minimum atomic E-state index is -1.66. The Morgan fingerprint density at radius 2 is 1.32 bits per heavy atom. The summed E-state index contributed by atoms with van der Waals surface area (Å²) in [7, 11) is 0. The summed E-state index contributed by atoms with van der Waals surface area (Å²) in [6.45, 7) is 7.73. The topological polar surface area (TPSA) is 57.5 Å². The van der Waals surface area contributed by atoms with Crippen LogP contribution in [0.3, 0.4) is 0 Å². The Morgan fingerprint density at radius 1 is 0.955 bits per heavy atom. The highest BCUT2D eigenvalue weighted by molar-refractivity contribution is 5.99. The molecule has 3 heteroatoms. The number of aliphatic hydroxyl groups is 2.